The van der Waals surface area contributed by atoms with Gasteiger partial charge < -0.3 is 136 Å². The van der Waals surface area contributed by atoms with Gasteiger partial charge in [-0.05, 0) is 86.5 Å². The molecule has 0 heterocycles. The topological polar surface area (TPSA) is 508 Å². The zero-order valence-electron chi connectivity index (χ0n) is 43.4. The molecule has 4 rings (SSSR count). The fourth-order valence-electron chi connectivity index (χ4n) is 11.9. The lowest BCUT2D eigenvalue weighted by Crippen LogP contribution is -2.60. The Kier molecular flexibility index (Phi) is 23.3. The molecule has 0 radical (unpaired) electrons. The van der Waals surface area contributed by atoms with E-state index in [2.05, 4.69) is 6.58 Å². The first-order valence-electron chi connectivity index (χ1n) is 25.5. The van der Waals surface area contributed by atoms with E-state index in [-0.39, 0.29) is 25.2 Å². The van der Waals surface area contributed by atoms with Crippen molar-refractivity contribution in [1.29, 1.82) is 0 Å². The predicted octanol–water partition coefficient (Wildman–Crippen LogP) is -0.474. The molecule has 0 amide bonds. The molecule has 1 spiro atoms. The smallest absolute Gasteiger partial charge is 0.314 e. The van der Waals surface area contributed by atoms with Crippen LogP contribution in [0, 0.1) is 28.1 Å². The molecule has 16 atom stereocenters. The fourth-order valence-corrected chi connectivity index (χ4v) is 11.9. The summed E-state index contributed by atoms with van der Waals surface area (Å²) in [6.07, 6.45) is -22.0. The largest absolute Gasteiger partial charge is 0.506 e. The van der Waals surface area contributed by atoms with Crippen LogP contribution >= 0.6 is 0 Å². The predicted molar refractivity (Wildman–Crippen MR) is 262 cm³/mol. The molecule has 4 saturated carbocycles. The van der Waals surface area contributed by atoms with Crippen LogP contribution in [0.15, 0.2) is 69.7 Å². The molecule has 12 unspecified atom stereocenters. The van der Waals surface area contributed by atoms with Crippen LogP contribution in [0.25, 0.3) is 0 Å². The van der Waals surface area contributed by atoms with E-state index in [1.807, 2.05) is 6.92 Å². The Bertz CT molecular complexity index is 2210. The van der Waals surface area contributed by atoms with Gasteiger partial charge in [0.1, 0.15) is 30.5 Å². The third kappa shape index (κ3) is 14.2. The van der Waals surface area contributed by atoms with Gasteiger partial charge in [0, 0.05) is 58.5 Å². The maximum atomic E-state index is 14.4. The van der Waals surface area contributed by atoms with Gasteiger partial charge in [0.05, 0.1) is 17.6 Å². The van der Waals surface area contributed by atoms with Crippen LogP contribution in [0.2, 0.25) is 0 Å². The number of carbonyl (C=O) groups excluding carboxylic acids is 1. The Morgan fingerprint density at radius 1 is 0.513 bits per heavy atom. The van der Waals surface area contributed by atoms with Crippen LogP contribution in [0.4, 0.5) is 0 Å². The summed E-state index contributed by atoms with van der Waals surface area (Å²) >= 11 is 0. The molecule has 22 N–H and O–H groups in total. The van der Waals surface area contributed by atoms with E-state index in [9.17, 15) is 107 Å². The Hall–Kier alpha value is -4.73. The van der Waals surface area contributed by atoms with Crippen LogP contribution in [0.5, 0.6) is 0 Å². The first kappa shape index (κ1) is 65.8. The van der Waals surface area contributed by atoms with Crippen molar-refractivity contribution in [3.05, 3.63) is 69.7 Å². The monoisotopic (exact) mass is 1130 g/mol. The Labute approximate surface area is 448 Å². The van der Waals surface area contributed by atoms with Gasteiger partial charge in [0.15, 0.2) is 40.3 Å². The van der Waals surface area contributed by atoms with Crippen molar-refractivity contribution in [2.45, 2.75) is 171 Å². The summed E-state index contributed by atoms with van der Waals surface area (Å²) in [6.45, 7) is 4.57. The molecular weight excluding hydrogens is 1050 g/mol. The van der Waals surface area contributed by atoms with E-state index in [0.29, 0.717) is 44.1 Å². The molecule has 0 aromatic heterocycles. The fraction of sp³-hybridized carbons (Fsp3) is 0.740. The second-order valence-corrected chi connectivity index (χ2v) is 20.9. The minimum atomic E-state index is -2.68. The lowest BCUT2D eigenvalue weighted by atomic mass is 9.41. The van der Waals surface area contributed by atoms with Crippen molar-refractivity contribution >= 4 is 5.97 Å². The lowest BCUT2D eigenvalue weighted by molar-refractivity contribution is -0.226. The van der Waals surface area contributed by atoms with Crippen molar-refractivity contribution in [1.82, 2.24) is 0 Å². The maximum Gasteiger partial charge on any atom is 0.314 e. The molecule has 4 aliphatic carbocycles. The molecule has 4 fully saturated rings. The summed E-state index contributed by atoms with van der Waals surface area (Å²) in [5.41, 5.74) is -3.58. The van der Waals surface area contributed by atoms with Crippen LogP contribution < -0.4 is 0 Å². The summed E-state index contributed by atoms with van der Waals surface area (Å²) in [5.74, 6) is -14.3. The SMILES string of the molecule is C=C1C[C@@]23CCC4C(C)(CCC[C@@]4(C)C(=O)OC(O)/C(OC(O)/C(O)=C(\O)C(O)CCO)=C(\O)C(O)CCO)[C@@H]2CC[C@]1(OC(O)/C(OC(O)/C(O)=C(/O)C(O)CCO)=C(/O)C(O)CCOC(O)/C(O)=C(/O)C(O)CCO)C3. The normalized spacial score (nSPS) is 30.6. The quantitative estimate of drug-likeness (QED) is 0.0187. The van der Waals surface area contributed by atoms with E-state index in [1.165, 1.54) is 0 Å². The van der Waals surface area contributed by atoms with Crippen LogP contribution in [0.1, 0.15) is 104 Å². The Morgan fingerprint density at radius 3 is 1.41 bits per heavy atom. The molecule has 4 aliphatic rings. The highest BCUT2D eigenvalue weighted by atomic mass is 16.7. The van der Waals surface area contributed by atoms with Gasteiger partial charge in [0.2, 0.25) is 29.9 Å². The zero-order chi connectivity index (χ0) is 58.8. The number of esters is 1. The first-order chi connectivity index (χ1) is 36.5. The lowest BCUT2D eigenvalue weighted by Gasteiger charge is -2.64. The number of aliphatic hydroxyl groups excluding tert-OH is 22. The number of ether oxygens (including phenoxy) is 5. The standard InChI is InChI=1S/C50H80O28/c1-23-21-49-14-5-29-47(2,12-4-13-48(29,3)46(73)77-44(71)39(34(63)27(58)10-19-54)75-42(69)37(66)32(61)25(56)8-17-52)30(49)6-15-50(23,22-49)78-45(72)40(76-43(70)38(67)33(62)26(57)9-18-53)35(64)28(59)11-20-74-41(68)36(65)31(60)24(55)7-16-51/h24-30,41-45,51-72H,1,4-22H2,2-3H3/b36-31-,37-32+,38-33-,39-34+,40-35-/t24?,25?,26?,27?,28?,29?,30-,41?,42?,43?,44?,45?,47?,48+,49+,50-/m0/s1. The molecule has 2 bridgehead atoms. The summed E-state index contributed by atoms with van der Waals surface area (Å²) in [7, 11) is 0. The molecular formula is C50H80O28. The molecule has 448 valence electrons. The number of hydrogen-bond donors (Lipinski definition) is 22. The minimum Gasteiger partial charge on any atom is -0.506 e. The van der Waals surface area contributed by atoms with Gasteiger partial charge in [-0.15, -0.1) is 0 Å². The highest BCUT2D eigenvalue weighted by Gasteiger charge is 2.69. The van der Waals surface area contributed by atoms with Crippen LogP contribution in [-0.2, 0) is 28.5 Å². The van der Waals surface area contributed by atoms with E-state index >= 15 is 0 Å². The molecule has 28 nitrogen and oxygen atoms in total. The van der Waals surface area contributed by atoms with Gasteiger partial charge in [-0.2, -0.15) is 0 Å². The maximum absolute atomic E-state index is 14.4. The van der Waals surface area contributed by atoms with E-state index in [0.717, 1.165) is 0 Å². The Balaban J connectivity index is 1.62. The highest BCUT2D eigenvalue weighted by Crippen LogP contribution is 2.73. The van der Waals surface area contributed by atoms with Crippen molar-refractivity contribution in [3.8, 4) is 0 Å². The Morgan fingerprint density at radius 2 is 0.936 bits per heavy atom. The first-order valence-corrected chi connectivity index (χ1v) is 25.5. The summed E-state index contributed by atoms with van der Waals surface area (Å²) in [4.78, 5) is 14.4. The zero-order valence-corrected chi connectivity index (χ0v) is 43.4. The molecule has 0 aliphatic heterocycles. The van der Waals surface area contributed by atoms with Gasteiger partial charge in [-0.1, -0.05) is 19.9 Å². The second kappa shape index (κ2) is 27.6. The number of rotatable bonds is 30. The van der Waals surface area contributed by atoms with Gasteiger partial charge in [-0.3, -0.25) is 4.79 Å². The van der Waals surface area contributed by atoms with Gasteiger partial charge in [-0.25, -0.2) is 0 Å². The summed E-state index contributed by atoms with van der Waals surface area (Å²) in [5, 5.41) is 227. The van der Waals surface area contributed by atoms with Crippen LogP contribution in [0.3, 0.4) is 0 Å². The van der Waals surface area contributed by atoms with Gasteiger partial charge in [0.25, 0.3) is 18.9 Å². The van der Waals surface area contributed by atoms with E-state index in [1.54, 1.807) is 6.92 Å². The third-order valence-corrected chi connectivity index (χ3v) is 15.9. The molecule has 78 heavy (non-hydrogen) atoms. The summed E-state index contributed by atoms with van der Waals surface area (Å²) < 4.78 is 27.2. The van der Waals surface area contributed by atoms with E-state index < -0.39 is 218 Å². The molecule has 0 aromatic carbocycles. The number of fused-ring (bicyclic) bond motifs is 3. The van der Waals surface area contributed by atoms with Crippen molar-refractivity contribution in [2.24, 2.45) is 28.1 Å². The average molecular weight is 1130 g/mol. The number of aliphatic hydroxyl groups is 22. The number of carbonyl (C=O) groups is 1. The molecule has 28 heteroatoms. The van der Waals surface area contributed by atoms with Crippen molar-refractivity contribution in [3.63, 3.8) is 0 Å². The average Bonchev–Trinajstić information content (AvgIpc) is 3.59. The highest BCUT2D eigenvalue weighted by molar-refractivity contribution is 5.77. The molecule has 0 aromatic rings. The van der Waals surface area contributed by atoms with Crippen LogP contribution in [-0.4, -0.2) is 219 Å². The molecule has 0 saturated heterocycles. The minimum absolute atomic E-state index is 0.135. The third-order valence-electron chi connectivity index (χ3n) is 15.9. The number of hydrogen-bond acceptors (Lipinski definition) is 28. The second-order valence-electron chi connectivity index (χ2n) is 20.9. The summed E-state index contributed by atoms with van der Waals surface area (Å²) in [6, 6.07) is 0. The van der Waals surface area contributed by atoms with Crippen molar-refractivity contribution in [2.75, 3.05) is 33.0 Å². The van der Waals surface area contributed by atoms with E-state index in [4.69, 9.17) is 33.9 Å². The van der Waals surface area contributed by atoms with Crippen molar-refractivity contribution < 1.29 is 141 Å². The van der Waals surface area contributed by atoms with Gasteiger partial charge >= 0.3 is 5.97 Å².